The van der Waals surface area contributed by atoms with E-state index < -0.39 is 11.7 Å². The van der Waals surface area contributed by atoms with Crippen LogP contribution in [0.1, 0.15) is 12.8 Å². The summed E-state index contributed by atoms with van der Waals surface area (Å²) < 4.78 is 23.2. The third-order valence-corrected chi connectivity index (χ3v) is 5.04. The molecule has 7 nitrogen and oxygen atoms in total. The van der Waals surface area contributed by atoms with Crippen molar-refractivity contribution in [3.05, 3.63) is 33.5 Å². The van der Waals surface area contributed by atoms with Gasteiger partial charge in [-0.25, -0.2) is 9.07 Å². The number of carbonyl (C=O) groups is 1. The molecular weight excluding hydrogens is 363 g/mol. The lowest BCUT2D eigenvalue weighted by Gasteiger charge is -2.28. The van der Waals surface area contributed by atoms with Crippen LogP contribution >= 0.6 is 11.6 Å². The number of nitrogens with zero attached hydrogens (tertiary/aromatic N) is 4. The van der Waals surface area contributed by atoms with Crippen molar-refractivity contribution in [2.24, 2.45) is 0 Å². The molecule has 1 aromatic carbocycles. The molecule has 3 heterocycles. The maximum atomic E-state index is 14.7. The standard InChI is InChI=1S/C17H14ClFN4O3/c18-16-15(17(25)23-5-2-1-4-22(16)23)10-7-12-13(8-11(10)19)26-9-14(24)21(12)6-3-20/h7-8H,1-2,4-6,9H2. The highest BCUT2D eigenvalue weighted by Gasteiger charge is 2.30. The predicted molar refractivity (Wildman–Crippen MR) is 91.8 cm³/mol. The van der Waals surface area contributed by atoms with Crippen molar-refractivity contribution in [1.29, 1.82) is 5.26 Å². The minimum Gasteiger partial charge on any atom is -0.481 e. The number of hydrogen-bond acceptors (Lipinski definition) is 4. The topological polar surface area (TPSA) is 80.3 Å². The Kier molecular flexibility index (Phi) is 3.96. The number of fused-ring (bicyclic) bond motifs is 2. The van der Waals surface area contributed by atoms with Gasteiger partial charge in [0.15, 0.2) is 6.61 Å². The lowest BCUT2D eigenvalue weighted by molar-refractivity contribution is -0.121. The maximum absolute atomic E-state index is 14.7. The highest BCUT2D eigenvalue weighted by Crippen LogP contribution is 2.39. The van der Waals surface area contributed by atoms with Gasteiger partial charge in [-0.15, -0.1) is 0 Å². The molecule has 9 heteroatoms. The first-order chi connectivity index (χ1) is 12.5. The summed E-state index contributed by atoms with van der Waals surface area (Å²) in [5.41, 5.74) is -0.0644. The monoisotopic (exact) mass is 376 g/mol. The van der Waals surface area contributed by atoms with E-state index >= 15 is 0 Å². The molecule has 0 spiro atoms. The fourth-order valence-corrected chi connectivity index (χ4v) is 3.77. The SMILES string of the molecule is N#CCN1C(=O)COc2cc(F)c(-c3c(Cl)n4n(c3=O)CCCC4)cc21. The molecule has 0 aliphatic carbocycles. The normalized spacial score (nSPS) is 15.9. The predicted octanol–water partition coefficient (Wildman–Crippen LogP) is 2.15. The molecule has 2 aliphatic heterocycles. The van der Waals surface area contributed by atoms with E-state index in [0.29, 0.717) is 13.1 Å². The van der Waals surface area contributed by atoms with E-state index in [9.17, 15) is 14.0 Å². The van der Waals surface area contributed by atoms with Crippen LogP contribution in [0, 0.1) is 17.1 Å². The van der Waals surface area contributed by atoms with Crippen LogP contribution in [0.15, 0.2) is 16.9 Å². The van der Waals surface area contributed by atoms with Crippen LogP contribution in [0.5, 0.6) is 5.75 Å². The maximum Gasteiger partial charge on any atom is 0.276 e. The van der Waals surface area contributed by atoms with Gasteiger partial charge in [0, 0.05) is 24.7 Å². The number of hydrogen-bond donors (Lipinski definition) is 0. The van der Waals surface area contributed by atoms with Crippen LogP contribution < -0.4 is 15.2 Å². The molecule has 0 fully saturated rings. The van der Waals surface area contributed by atoms with Crippen molar-refractivity contribution in [3.63, 3.8) is 0 Å². The molecule has 2 aromatic rings. The summed E-state index contributed by atoms with van der Waals surface area (Å²) in [6.07, 6.45) is 1.74. The molecule has 0 saturated carbocycles. The van der Waals surface area contributed by atoms with Crippen molar-refractivity contribution in [2.75, 3.05) is 18.1 Å². The van der Waals surface area contributed by atoms with Crippen LogP contribution in [-0.4, -0.2) is 28.4 Å². The van der Waals surface area contributed by atoms with Gasteiger partial charge in [-0.1, -0.05) is 11.6 Å². The van der Waals surface area contributed by atoms with Crippen molar-refractivity contribution in [3.8, 4) is 22.9 Å². The highest BCUT2D eigenvalue weighted by molar-refractivity contribution is 6.32. The summed E-state index contributed by atoms with van der Waals surface area (Å²) in [7, 11) is 0. The summed E-state index contributed by atoms with van der Waals surface area (Å²) >= 11 is 6.37. The van der Waals surface area contributed by atoms with Gasteiger partial charge in [-0.2, -0.15) is 5.26 Å². The molecule has 0 bridgehead atoms. The summed E-state index contributed by atoms with van der Waals surface area (Å²) in [5, 5.41) is 9.13. The Morgan fingerprint density at radius 2 is 1.96 bits per heavy atom. The second kappa shape index (κ2) is 6.18. The van der Waals surface area contributed by atoms with Gasteiger partial charge in [0.25, 0.3) is 11.5 Å². The van der Waals surface area contributed by atoms with Gasteiger partial charge in [0.05, 0.1) is 17.3 Å². The van der Waals surface area contributed by atoms with Crippen LogP contribution in [0.3, 0.4) is 0 Å². The average Bonchev–Trinajstić information content (AvgIpc) is 2.89. The number of carbonyl (C=O) groups excluding carboxylic acids is 1. The summed E-state index contributed by atoms with van der Waals surface area (Å²) in [5.74, 6) is -0.922. The Hall–Kier alpha value is -2.79. The molecule has 0 radical (unpaired) electrons. The van der Waals surface area contributed by atoms with Crippen molar-refractivity contribution >= 4 is 23.2 Å². The van der Waals surface area contributed by atoms with Crippen molar-refractivity contribution < 1.29 is 13.9 Å². The number of halogens is 2. The quantitative estimate of drug-likeness (QED) is 0.752. The lowest BCUT2D eigenvalue weighted by atomic mass is 10.1. The zero-order valence-electron chi connectivity index (χ0n) is 13.7. The highest BCUT2D eigenvalue weighted by atomic mass is 35.5. The first-order valence-corrected chi connectivity index (χ1v) is 8.54. The average molecular weight is 377 g/mol. The summed E-state index contributed by atoms with van der Waals surface area (Å²) in [6, 6.07) is 4.38. The third kappa shape index (κ3) is 2.39. The Bertz CT molecular complexity index is 1020. The molecule has 0 saturated heterocycles. The fraction of sp³-hybridized carbons (Fsp3) is 0.353. The lowest BCUT2D eigenvalue weighted by Crippen LogP contribution is -2.39. The summed E-state index contributed by atoms with van der Waals surface area (Å²) in [6.45, 7) is 0.646. The Morgan fingerprint density at radius 1 is 1.23 bits per heavy atom. The molecule has 0 atom stereocenters. The van der Waals surface area contributed by atoms with Crippen LogP contribution in [0.25, 0.3) is 11.1 Å². The Labute approximate surface area is 152 Å². The zero-order chi connectivity index (χ0) is 18.4. The van der Waals surface area contributed by atoms with Crippen LogP contribution in [0.2, 0.25) is 5.15 Å². The van der Waals surface area contributed by atoms with Crippen LogP contribution in [-0.2, 0) is 17.9 Å². The summed E-state index contributed by atoms with van der Waals surface area (Å²) in [4.78, 5) is 26.0. The zero-order valence-corrected chi connectivity index (χ0v) is 14.4. The van der Waals surface area contributed by atoms with Gasteiger partial charge in [0.1, 0.15) is 23.3 Å². The molecule has 134 valence electrons. The molecule has 1 amide bonds. The smallest absolute Gasteiger partial charge is 0.276 e. The number of aromatic nitrogens is 2. The number of ether oxygens (including phenoxy) is 1. The number of nitriles is 1. The number of benzene rings is 1. The number of rotatable bonds is 2. The van der Waals surface area contributed by atoms with E-state index in [-0.39, 0.29) is 46.4 Å². The molecule has 1 aromatic heterocycles. The Morgan fingerprint density at radius 3 is 2.65 bits per heavy atom. The molecule has 0 N–H and O–H groups in total. The van der Waals surface area contributed by atoms with E-state index in [4.69, 9.17) is 21.6 Å². The minimum atomic E-state index is -0.669. The molecular formula is C17H14ClFN4O3. The molecule has 26 heavy (non-hydrogen) atoms. The second-order valence-corrected chi connectivity index (χ2v) is 6.51. The first-order valence-electron chi connectivity index (χ1n) is 8.16. The second-order valence-electron chi connectivity index (χ2n) is 6.15. The number of anilines is 1. The van der Waals surface area contributed by atoms with Gasteiger partial charge >= 0.3 is 0 Å². The molecule has 0 unspecified atom stereocenters. The van der Waals surface area contributed by atoms with Gasteiger partial charge < -0.3 is 4.74 Å². The van der Waals surface area contributed by atoms with Crippen molar-refractivity contribution in [1.82, 2.24) is 9.36 Å². The molecule has 4 rings (SSSR count). The Balaban J connectivity index is 1.92. The first kappa shape index (κ1) is 16.7. The third-order valence-electron chi connectivity index (χ3n) is 4.65. The number of amides is 1. The largest absolute Gasteiger partial charge is 0.481 e. The van der Waals surface area contributed by atoms with Crippen molar-refractivity contribution in [2.45, 2.75) is 25.9 Å². The molecule has 2 aliphatic rings. The minimum absolute atomic E-state index is 0.00519. The van der Waals surface area contributed by atoms with Gasteiger partial charge in [-0.05, 0) is 18.9 Å². The fourth-order valence-electron chi connectivity index (χ4n) is 3.41. The van der Waals surface area contributed by atoms with E-state index in [2.05, 4.69) is 0 Å². The van der Waals surface area contributed by atoms with E-state index in [0.717, 1.165) is 18.9 Å². The van der Waals surface area contributed by atoms with Crippen LogP contribution in [0.4, 0.5) is 10.1 Å². The van der Waals surface area contributed by atoms with E-state index in [1.54, 1.807) is 4.68 Å². The van der Waals surface area contributed by atoms with Gasteiger partial charge in [-0.3, -0.25) is 19.2 Å². The van der Waals surface area contributed by atoms with E-state index in [1.165, 1.54) is 15.6 Å². The van der Waals surface area contributed by atoms with E-state index in [1.807, 2.05) is 6.07 Å². The van der Waals surface area contributed by atoms with Gasteiger partial charge in [0.2, 0.25) is 0 Å².